The molecule has 3 atom stereocenters. The van der Waals surface area contributed by atoms with E-state index in [2.05, 4.69) is 64.4 Å². The molecule has 3 rings (SSSR count). The van der Waals surface area contributed by atoms with Crippen LogP contribution in [-0.2, 0) is 11.8 Å². The minimum absolute atomic E-state index is 0.0554. The molecule has 1 saturated carbocycles. The van der Waals surface area contributed by atoms with E-state index in [-0.39, 0.29) is 10.8 Å². The average Bonchev–Trinajstić information content (AvgIpc) is 2.61. The fraction of sp³-hybridized carbons (Fsp3) is 0.609. The summed E-state index contributed by atoms with van der Waals surface area (Å²) in [7, 11) is 0. The van der Waals surface area contributed by atoms with Crippen LogP contribution in [0.2, 0.25) is 0 Å². The Morgan fingerprint density at radius 2 is 2.00 bits per heavy atom. The number of rotatable bonds is 3. The second-order valence-corrected chi connectivity index (χ2v) is 8.75. The average molecular weight is 358 g/mol. The molecule has 2 aliphatic carbocycles. The van der Waals surface area contributed by atoms with Crippen LogP contribution < -0.4 is 5.32 Å². The van der Waals surface area contributed by atoms with E-state index in [0.29, 0.717) is 18.4 Å². The molecular weight excluding hydrogens is 322 g/mol. The van der Waals surface area contributed by atoms with Gasteiger partial charge in [0.2, 0.25) is 0 Å². The van der Waals surface area contributed by atoms with Gasteiger partial charge >= 0.3 is 6.09 Å². The molecule has 3 nitrogen and oxygen atoms in total. The normalized spacial score (nSPS) is 29.8. The maximum Gasteiger partial charge on any atom is 0.404 e. The van der Waals surface area contributed by atoms with Gasteiger partial charge in [-0.2, -0.15) is 0 Å². The largest absolute Gasteiger partial charge is 0.465 e. The number of amides is 1. The molecule has 1 aromatic carbocycles. The SMILES string of the molecule is C=C.CC(C)c1ccc2c(c1)CCC1C(C)(CNC(=O)O)CCCC21C. The van der Waals surface area contributed by atoms with Crippen LogP contribution in [0, 0.1) is 11.3 Å². The Kier molecular flexibility index (Phi) is 6.21. The zero-order valence-corrected chi connectivity index (χ0v) is 16.9. The first-order chi connectivity index (χ1) is 12.3. The number of hydrogen-bond acceptors (Lipinski definition) is 1. The molecule has 1 amide bonds. The Hall–Kier alpha value is -1.77. The van der Waals surface area contributed by atoms with Crippen molar-refractivity contribution in [1.82, 2.24) is 5.32 Å². The van der Waals surface area contributed by atoms with Crippen LogP contribution in [-0.4, -0.2) is 17.7 Å². The number of fused-ring (bicyclic) bond motifs is 3. The van der Waals surface area contributed by atoms with Crippen molar-refractivity contribution in [3.8, 4) is 0 Å². The number of benzene rings is 1. The number of hydrogen-bond donors (Lipinski definition) is 2. The van der Waals surface area contributed by atoms with Crippen molar-refractivity contribution in [1.29, 1.82) is 0 Å². The number of carboxylic acid groups (broad SMARTS) is 1. The van der Waals surface area contributed by atoms with Gasteiger partial charge in [0.15, 0.2) is 0 Å². The first kappa shape index (κ1) is 20.5. The second-order valence-electron chi connectivity index (χ2n) is 8.75. The van der Waals surface area contributed by atoms with Crippen LogP contribution in [0.25, 0.3) is 0 Å². The third-order valence-corrected chi connectivity index (χ3v) is 6.81. The molecule has 3 heteroatoms. The van der Waals surface area contributed by atoms with E-state index in [1.807, 2.05) is 0 Å². The quantitative estimate of drug-likeness (QED) is 0.663. The van der Waals surface area contributed by atoms with E-state index in [1.54, 1.807) is 0 Å². The molecule has 0 aliphatic heterocycles. The predicted molar refractivity (Wildman–Crippen MR) is 109 cm³/mol. The predicted octanol–water partition coefficient (Wildman–Crippen LogP) is 5.89. The molecule has 144 valence electrons. The zero-order valence-electron chi connectivity index (χ0n) is 16.9. The first-order valence-electron chi connectivity index (χ1n) is 9.86. The topological polar surface area (TPSA) is 49.3 Å². The van der Waals surface area contributed by atoms with Gasteiger partial charge in [0.25, 0.3) is 0 Å². The standard InChI is InChI=1S/C21H31NO2.C2H4/c1-14(2)15-6-8-17-16(12-15)7-9-18-20(3,13-22-19(23)24)10-5-11-21(17,18)4;1-2/h6,8,12,14,18,22H,5,7,9-11,13H2,1-4H3,(H,23,24);1-2H2. The molecule has 0 radical (unpaired) electrons. The lowest BCUT2D eigenvalue weighted by molar-refractivity contribution is 0.0263. The van der Waals surface area contributed by atoms with Crippen molar-refractivity contribution in [2.24, 2.45) is 11.3 Å². The summed E-state index contributed by atoms with van der Waals surface area (Å²) in [4.78, 5) is 11.0. The summed E-state index contributed by atoms with van der Waals surface area (Å²) in [6, 6.07) is 7.09. The first-order valence-corrected chi connectivity index (χ1v) is 9.86. The molecule has 0 aromatic heterocycles. The van der Waals surface area contributed by atoms with Crippen LogP contribution in [0.5, 0.6) is 0 Å². The summed E-state index contributed by atoms with van der Waals surface area (Å²) in [6.45, 7) is 15.8. The smallest absolute Gasteiger partial charge is 0.404 e. The highest BCUT2D eigenvalue weighted by Gasteiger charge is 2.51. The summed E-state index contributed by atoms with van der Waals surface area (Å²) >= 11 is 0. The summed E-state index contributed by atoms with van der Waals surface area (Å²) in [6.07, 6.45) is 4.90. The lowest BCUT2D eigenvalue weighted by Crippen LogP contribution is -2.53. The summed E-state index contributed by atoms with van der Waals surface area (Å²) in [5.74, 6) is 1.11. The maximum absolute atomic E-state index is 11.0. The summed E-state index contributed by atoms with van der Waals surface area (Å²) in [5.41, 5.74) is 4.71. The zero-order chi connectivity index (χ0) is 19.5. The van der Waals surface area contributed by atoms with Gasteiger partial charge in [-0.1, -0.05) is 52.3 Å². The minimum Gasteiger partial charge on any atom is -0.465 e. The van der Waals surface area contributed by atoms with Gasteiger partial charge in [-0.3, -0.25) is 0 Å². The van der Waals surface area contributed by atoms with Crippen molar-refractivity contribution in [3.05, 3.63) is 48.0 Å². The van der Waals surface area contributed by atoms with Crippen LogP contribution in [0.3, 0.4) is 0 Å². The molecule has 3 unspecified atom stereocenters. The van der Waals surface area contributed by atoms with Crippen LogP contribution in [0.1, 0.15) is 76.0 Å². The van der Waals surface area contributed by atoms with E-state index >= 15 is 0 Å². The van der Waals surface area contributed by atoms with Crippen molar-refractivity contribution in [2.45, 2.75) is 71.1 Å². The molecule has 1 fully saturated rings. The molecule has 1 aromatic rings. The van der Waals surface area contributed by atoms with Gasteiger partial charge in [-0.05, 0) is 65.0 Å². The van der Waals surface area contributed by atoms with Crippen molar-refractivity contribution in [3.63, 3.8) is 0 Å². The Morgan fingerprint density at radius 1 is 1.31 bits per heavy atom. The number of carbonyl (C=O) groups is 1. The Labute approximate surface area is 158 Å². The van der Waals surface area contributed by atoms with Crippen LogP contribution in [0.15, 0.2) is 31.4 Å². The summed E-state index contributed by atoms with van der Waals surface area (Å²) < 4.78 is 0. The lowest BCUT2D eigenvalue weighted by atomic mass is 9.49. The van der Waals surface area contributed by atoms with Gasteiger partial charge in [-0.25, -0.2) is 4.79 Å². The fourth-order valence-corrected chi connectivity index (χ4v) is 5.49. The fourth-order valence-electron chi connectivity index (χ4n) is 5.49. The molecule has 26 heavy (non-hydrogen) atoms. The van der Waals surface area contributed by atoms with E-state index in [0.717, 1.165) is 12.8 Å². The number of aryl methyl sites for hydroxylation is 1. The van der Waals surface area contributed by atoms with E-state index in [9.17, 15) is 4.79 Å². The highest BCUT2D eigenvalue weighted by molar-refractivity contribution is 5.64. The lowest BCUT2D eigenvalue weighted by Gasteiger charge is -2.55. The molecule has 0 heterocycles. The molecule has 0 spiro atoms. The Bertz CT molecular complexity index is 654. The van der Waals surface area contributed by atoms with E-state index < -0.39 is 6.09 Å². The highest BCUT2D eigenvalue weighted by atomic mass is 16.4. The maximum atomic E-state index is 11.0. The minimum atomic E-state index is -0.902. The van der Waals surface area contributed by atoms with Crippen LogP contribution >= 0.6 is 0 Å². The molecule has 2 aliphatic rings. The molecule has 0 saturated heterocycles. The highest BCUT2D eigenvalue weighted by Crippen LogP contribution is 2.57. The monoisotopic (exact) mass is 357 g/mol. The van der Waals surface area contributed by atoms with Gasteiger partial charge in [0.05, 0.1) is 0 Å². The van der Waals surface area contributed by atoms with Crippen molar-refractivity contribution in [2.75, 3.05) is 6.54 Å². The number of nitrogens with one attached hydrogen (secondary N) is 1. The van der Waals surface area contributed by atoms with E-state index in [4.69, 9.17) is 5.11 Å². The third kappa shape index (κ3) is 3.67. The molecule has 0 bridgehead atoms. The van der Waals surface area contributed by atoms with Gasteiger partial charge in [0.1, 0.15) is 0 Å². The second kappa shape index (κ2) is 7.85. The van der Waals surface area contributed by atoms with Gasteiger partial charge in [-0.15, -0.1) is 13.2 Å². The molecule has 2 N–H and O–H groups in total. The van der Waals surface area contributed by atoms with Crippen molar-refractivity contribution < 1.29 is 9.90 Å². The van der Waals surface area contributed by atoms with Gasteiger partial charge in [0, 0.05) is 6.54 Å². The van der Waals surface area contributed by atoms with Crippen LogP contribution in [0.4, 0.5) is 4.79 Å². The Balaban J connectivity index is 0.00000117. The van der Waals surface area contributed by atoms with E-state index in [1.165, 1.54) is 36.0 Å². The Morgan fingerprint density at radius 3 is 2.62 bits per heavy atom. The third-order valence-electron chi connectivity index (χ3n) is 6.81. The summed E-state index contributed by atoms with van der Waals surface area (Å²) in [5, 5.41) is 11.7. The van der Waals surface area contributed by atoms with Crippen molar-refractivity contribution >= 4 is 6.09 Å². The van der Waals surface area contributed by atoms with Gasteiger partial charge < -0.3 is 10.4 Å². The molecular formula is C23H35NO2.